The Labute approximate surface area is 158 Å². The maximum Gasteiger partial charge on any atom is 0.340 e. The second-order valence-corrected chi connectivity index (χ2v) is 7.12. The number of aryl methyl sites for hydroxylation is 1. The predicted molar refractivity (Wildman–Crippen MR) is 101 cm³/mol. The van der Waals surface area contributed by atoms with Crippen molar-refractivity contribution in [3.63, 3.8) is 0 Å². The first-order valence-electron chi connectivity index (χ1n) is 8.82. The molecule has 3 rings (SSSR count). The zero-order valence-corrected chi connectivity index (χ0v) is 15.8. The lowest BCUT2D eigenvalue weighted by molar-refractivity contribution is -0.124. The molecule has 0 unspecified atom stereocenters. The number of hydrogen-bond acceptors (Lipinski definition) is 3. The third kappa shape index (κ3) is 4.47. The Kier molecular flexibility index (Phi) is 5.67. The van der Waals surface area contributed by atoms with Gasteiger partial charge in [-0.1, -0.05) is 23.7 Å². The molecule has 1 fully saturated rings. The number of hydrogen-bond donors (Lipinski definition) is 1. The van der Waals surface area contributed by atoms with Crippen LogP contribution in [0.5, 0.6) is 0 Å². The number of nitrogens with one attached hydrogen (secondary N) is 1. The number of rotatable bonds is 7. The van der Waals surface area contributed by atoms with Crippen LogP contribution < -0.4 is 5.32 Å². The van der Waals surface area contributed by atoms with E-state index < -0.39 is 5.97 Å². The summed E-state index contributed by atoms with van der Waals surface area (Å²) in [5.41, 5.74) is 3.60. The van der Waals surface area contributed by atoms with Crippen LogP contribution in [0.3, 0.4) is 0 Å². The molecule has 2 aromatic rings. The van der Waals surface area contributed by atoms with Gasteiger partial charge in [0, 0.05) is 29.0 Å². The Balaban J connectivity index is 1.44. The molecule has 0 saturated heterocycles. The van der Waals surface area contributed by atoms with E-state index in [1.54, 1.807) is 0 Å². The number of esters is 1. The normalized spacial score (nSPS) is 13.5. The van der Waals surface area contributed by atoms with Crippen molar-refractivity contribution < 1.29 is 14.3 Å². The van der Waals surface area contributed by atoms with Crippen LogP contribution in [-0.4, -0.2) is 29.6 Å². The van der Waals surface area contributed by atoms with Crippen LogP contribution in [0.15, 0.2) is 30.3 Å². The summed E-state index contributed by atoms with van der Waals surface area (Å²) in [5.74, 6) is -0.749. The summed E-state index contributed by atoms with van der Waals surface area (Å²) >= 11 is 5.84. The smallest absolute Gasteiger partial charge is 0.340 e. The van der Waals surface area contributed by atoms with Gasteiger partial charge in [0.05, 0.1) is 5.56 Å². The van der Waals surface area contributed by atoms with E-state index in [1.165, 1.54) is 0 Å². The average molecular weight is 375 g/mol. The molecule has 1 aliphatic rings. The summed E-state index contributed by atoms with van der Waals surface area (Å²) in [6.45, 7) is 4.13. The predicted octanol–water partition coefficient (Wildman–Crippen LogP) is 3.61. The molecule has 1 aromatic heterocycles. The second kappa shape index (κ2) is 7.96. The monoisotopic (exact) mass is 374 g/mol. The molecule has 138 valence electrons. The van der Waals surface area contributed by atoms with Crippen molar-refractivity contribution in [2.24, 2.45) is 0 Å². The van der Waals surface area contributed by atoms with E-state index in [2.05, 4.69) is 9.88 Å². The summed E-state index contributed by atoms with van der Waals surface area (Å²) < 4.78 is 7.36. The number of nitrogens with zero attached hydrogens (tertiary/aromatic N) is 1. The maximum atomic E-state index is 12.3. The first-order valence-corrected chi connectivity index (χ1v) is 9.20. The highest BCUT2D eigenvalue weighted by Crippen LogP contribution is 2.38. The van der Waals surface area contributed by atoms with Gasteiger partial charge >= 0.3 is 5.97 Å². The zero-order valence-electron chi connectivity index (χ0n) is 15.0. The van der Waals surface area contributed by atoms with Gasteiger partial charge in [-0.05, 0) is 56.9 Å². The Morgan fingerprint density at radius 2 is 1.92 bits per heavy atom. The van der Waals surface area contributed by atoms with E-state index in [1.807, 2.05) is 44.2 Å². The number of carbonyl (C=O) groups is 2. The number of benzene rings is 1. The number of amides is 1. The van der Waals surface area contributed by atoms with Gasteiger partial charge in [0.15, 0.2) is 6.61 Å². The molecule has 0 atom stereocenters. The van der Waals surface area contributed by atoms with Gasteiger partial charge in [-0.2, -0.15) is 0 Å². The lowest BCUT2D eigenvalue weighted by Crippen LogP contribution is -2.30. The molecule has 26 heavy (non-hydrogen) atoms. The number of aromatic nitrogens is 1. The highest BCUT2D eigenvalue weighted by molar-refractivity contribution is 6.30. The molecule has 0 aliphatic heterocycles. The van der Waals surface area contributed by atoms with Crippen molar-refractivity contribution in [2.45, 2.75) is 39.2 Å². The van der Waals surface area contributed by atoms with E-state index >= 15 is 0 Å². The van der Waals surface area contributed by atoms with Gasteiger partial charge in [-0.15, -0.1) is 0 Å². The fourth-order valence-corrected chi connectivity index (χ4v) is 3.26. The number of carbonyl (C=O) groups excluding carboxylic acids is 2. The van der Waals surface area contributed by atoms with Crippen molar-refractivity contribution in [1.29, 1.82) is 0 Å². The van der Waals surface area contributed by atoms with E-state index in [-0.39, 0.29) is 12.5 Å². The van der Waals surface area contributed by atoms with Crippen LogP contribution >= 0.6 is 11.6 Å². The quantitative estimate of drug-likeness (QED) is 0.753. The molecular formula is C20H23ClN2O3. The van der Waals surface area contributed by atoms with Crippen LogP contribution in [0, 0.1) is 13.8 Å². The summed E-state index contributed by atoms with van der Waals surface area (Å²) in [4.78, 5) is 24.2. The lowest BCUT2D eigenvalue weighted by atomic mass is 10.1. The first kappa shape index (κ1) is 18.5. The van der Waals surface area contributed by atoms with E-state index in [4.69, 9.17) is 16.3 Å². The second-order valence-electron chi connectivity index (χ2n) is 6.69. The summed E-state index contributed by atoms with van der Waals surface area (Å²) in [7, 11) is 0. The molecule has 0 bridgehead atoms. The summed E-state index contributed by atoms with van der Waals surface area (Å²) in [5, 5.41) is 3.44. The molecule has 1 N–H and O–H groups in total. The topological polar surface area (TPSA) is 60.3 Å². The van der Waals surface area contributed by atoms with Crippen molar-refractivity contribution in [2.75, 3.05) is 13.2 Å². The number of halogens is 1. The minimum atomic E-state index is -0.446. The molecule has 1 aliphatic carbocycles. The van der Waals surface area contributed by atoms with Gasteiger partial charge < -0.3 is 14.6 Å². The fourth-order valence-electron chi connectivity index (χ4n) is 3.14. The van der Waals surface area contributed by atoms with Gasteiger partial charge in [-0.3, -0.25) is 4.79 Å². The Morgan fingerprint density at radius 1 is 1.23 bits per heavy atom. The summed E-state index contributed by atoms with van der Waals surface area (Å²) in [6, 6.07) is 9.83. The first-order chi connectivity index (χ1) is 12.5. The van der Waals surface area contributed by atoms with Crippen molar-refractivity contribution in [3.05, 3.63) is 57.9 Å². The lowest BCUT2D eigenvalue weighted by Gasteiger charge is -2.08. The van der Waals surface area contributed by atoms with Gasteiger partial charge in [0.1, 0.15) is 0 Å². The average Bonchev–Trinajstić information content (AvgIpc) is 3.39. The Hall–Kier alpha value is -2.27. The summed E-state index contributed by atoms with van der Waals surface area (Å²) in [6.07, 6.45) is 3.00. The van der Waals surface area contributed by atoms with Crippen LogP contribution in [0.25, 0.3) is 0 Å². The van der Waals surface area contributed by atoms with Crippen LogP contribution in [0.2, 0.25) is 5.02 Å². The van der Waals surface area contributed by atoms with E-state index in [0.717, 1.165) is 29.8 Å². The SMILES string of the molecule is Cc1cc(C(=O)OCC(=O)NCCc2ccc(Cl)cc2)c(C)n1C1CC1. The standard InChI is InChI=1S/C20H23ClN2O3/c1-13-11-18(14(2)23(13)17-7-8-17)20(25)26-12-19(24)22-10-9-15-3-5-16(21)6-4-15/h3-6,11,17H,7-10,12H2,1-2H3,(H,22,24). The largest absolute Gasteiger partial charge is 0.452 e. The molecular weight excluding hydrogens is 352 g/mol. The van der Waals surface area contributed by atoms with E-state index in [0.29, 0.717) is 29.6 Å². The van der Waals surface area contributed by atoms with Gasteiger partial charge in [-0.25, -0.2) is 4.79 Å². The molecule has 1 aromatic carbocycles. The molecule has 0 radical (unpaired) electrons. The third-order valence-electron chi connectivity index (χ3n) is 4.60. The highest BCUT2D eigenvalue weighted by Gasteiger charge is 2.28. The van der Waals surface area contributed by atoms with Gasteiger partial charge in [0.2, 0.25) is 0 Å². The highest BCUT2D eigenvalue weighted by atomic mass is 35.5. The van der Waals surface area contributed by atoms with Crippen LogP contribution in [0.4, 0.5) is 0 Å². The molecule has 0 spiro atoms. The minimum Gasteiger partial charge on any atom is -0.452 e. The van der Waals surface area contributed by atoms with Crippen molar-refractivity contribution in [1.82, 2.24) is 9.88 Å². The molecule has 1 saturated carbocycles. The number of ether oxygens (including phenoxy) is 1. The molecule has 1 amide bonds. The Bertz CT molecular complexity index is 807. The third-order valence-corrected chi connectivity index (χ3v) is 4.85. The van der Waals surface area contributed by atoms with Crippen molar-refractivity contribution in [3.8, 4) is 0 Å². The van der Waals surface area contributed by atoms with Crippen LogP contribution in [0.1, 0.15) is 46.2 Å². The minimum absolute atomic E-state index is 0.271. The molecule has 6 heteroatoms. The van der Waals surface area contributed by atoms with Gasteiger partial charge in [0.25, 0.3) is 5.91 Å². The molecule has 1 heterocycles. The zero-order chi connectivity index (χ0) is 18.7. The van der Waals surface area contributed by atoms with Crippen molar-refractivity contribution >= 4 is 23.5 Å². The fraction of sp³-hybridized carbons (Fsp3) is 0.400. The molecule has 5 nitrogen and oxygen atoms in total. The maximum absolute atomic E-state index is 12.3. The van der Waals surface area contributed by atoms with E-state index in [9.17, 15) is 9.59 Å². The Morgan fingerprint density at radius 3 is 2.58 bits per heavy atom. The van der Waals surface area contributed by atoms with Crippen LogP contribution in [-0.2, 0) is 16.0 Å².